The van der Waals surface area contributed by atoms with Crippen LogP contribution in [0.1, 0.15) is 11.1 Å². The lowest BCUT2D eigenvalue weighted by atomic mass is 9.97. The first-order valence-electron chi connectivity index (χ1n) is 31.4. The van der Waals surface area contributed by atoms with Gasteiger partial charge in [-0.25, -0.2) is 0 Å². The van der Waals surface area contributed by atoms with Crippen LogP contribution in [0.5, 0.6) is 0 Å². The predicted molar refractivity (Wildman–Crippen MR) is 389 cm³/mol. The Kier molecular flexibility index (Phi) is 14.5. The van der Waals surface area contributed by atoms with Gasteiger partial charge < -0.3 is 28.7 Å². The molecule has 0 spiro atoms. The molecule has 0 aliphatic heterocycles. The van der Waals surface area contributed by atoms with Crippen LogP contribution in [0.4, 0.5) is 68.2 Å². The number of rotatable bonds is 15. The molecule has 8 nitrogen and oxygen atoms in total. The average Bonchev–Trinajstić information content (AvgIpc) is 1.57. The first-order chi connectivity index (χ1) is 46.6. The van der Waals surface area contributed by atoms with E-state index in [0.29, 0.717) is 11.1 Å². The fourth-order valence-corrected chi connectivity index (χ4v) is 13.5. The largest absolute Gasteiger partial charge is 0.310 e. The summed E-state index contributed by atoms with van der Waals surface area (Å²) in [6.07, 6.45) is 0. The van der Waals surface area contributed by atoms with Crippen molar-refractivity contribution >= 4 is 112 Å². The zero-order valence-electron chi connectivity index (χ0n) is 51.1. The second kappa shape index (κ2) is 24.3. The quantitative estimate of drug-likeness (QED) is 0.102. The van der Waals surface area contributed by atoms with Gasteiger partial charge in [0.15, 0.2) is 0 Å². The molecule has 0 bridgehead atoms. The van der Waals surface area contributed by atoms with Gasteiger partial charge in [0.1, 0.15) is 0 Å². The summed E-state index contributed by atoms with van der Waals surface area (Å²) in [5, 5.41) is 26.1. The second-order valence-electron chi connectivity index (χ2n) is 23.2. The Hall–Kier alpha value is -13.1. The third kappa shape index (κ3) is 10.2. The highest BCUT2D eigenvalue weighted by Crippen LogP contribution is 2.48. The number of nitriles is 2. The van der Waals surface area contributed by atoms with Gasteiger partial charge in [0.25, 0.3) is 0 Å². The van der Waals surface area contributed by atoms with Crippen molar-refractivity contribution in [3.8, 4) is 34.6 Å². The Morgan fingerprint density at radius 3 is 0.596 bits per heavy atom. The number of anilines is 12. The Balaban J connectivity index is 0.958. The number of benzene rings is 14. The minimum absolute atomic E-state index is 0.487. The number of hydrogen-bond donors (Lipinski definition) is 0. The molecule has 0 fully saturated rings. The van der Waals surface area contributed by atoms with Crippen LogP contribution in [0.15, 0.2) is 352 Å². The van der Waals surface area contributed by atoms with E-state index in [9.17, 15) is 10.5 Å². The van der Waals surface area contributed by atoms with E-state index >= 15 is 0 Å². The maximum absolute atomic E-state index is 11.0. The number of hydrogen-bond acceptors (Lipinski definition) is 6. The molecule has 2 aromatic heterocycles. The summed E-state index contributed by atoms with van der Waals surface area (Å²) in [5.74, 6) is 0. The second-order valence-corrected chi connectivity index (χ2v) is 23.2. The van der Waals surface area contributed by atoms with Crippen molar-refractivity contribution in [3.63, 3.8) is 0 Å². The Morgan fingerprint density at radius 1 is 0.202 bits per heavy atom. The summed E-state index contributed by atoms with van der Waals surface area (Å²) in [6.45, 7) is 0. The summed E-state index contributed by atoms with van der Waals surface area (Å²) in [4.78, 5) is 9.22. The van der Waals surface area contributed by atoms with Crippen LogP contribution in [0.2, 0.25) is 0 Å². The SMILES string of the molecule is N#Cc1ccc(-n2c3ccc(N(c4ccccc4)c4ccccc4)cc3c3cc(N(c4ccccc4)c4ccccc4)ccc32)c(-c2cc(C#N)ccc2-n2c3ccc(N(c4ccccc4)c4ccccc4)cc3c3cc(N(c4ccccc4)c4ccccc4)ccc32)c1. The average molecular weight is 1200 g/mol. The monoisotopic (exact) mass is 1200 g/mol. The Bertz CT molecular complexity index is 4730. The molecule has 8 heteroatoms. The van der Waals surface area contributed by atoms with Crippen LogP contribution in [0.25, 0.3) is 66.1 Å². The normalized spacial score (nSPS) is 11.2. The molecule has 0 unspecified atom stereocenters. The summed E-state index contributed by atoms with van der Waals surface area (Å²) >= 11 is 0. The summed E-state index contributed by atoms with van der Waals surface area (Å²) in [7, 11) is 0. The van der Waals surface area contributed by atoms with Crippen LogP contribution < -0.4 is 19.6 Å². The molecule has 0 aliphatic rings. The van der Waals surface area contributed by atoms with Gasteiger partial charge >= 0.3 is 0 Å². The summed E-state index contributed by atoms with van der Waals surface area (Å²) in [5.41, 5.74) is 20.3. The molecule has 0 saturated heterocycles. The number of para-hydroxylation sites is 8. The molecular formula is C86H58N8. The van der Waals surface area contributed by atoms with Crippen molar-refractivity contribution in [3.05, 3.63) is 363 Å². The molecule has 14 aromatic carbocycles. The van der Waals surface area contributed by atoms with E-state index in [1.807, 2.05) is 24.3 Å². The van der Waals surface area contributed by atoms with E-state index < -0.39 is 0 Å². The highest BCUT2D eigenvalue weighted by atomic mass is 15.2. The van der Waals surface area contributed by atoms with Gasteiger partial charge in [-0.3, -0.25) is 0 Å². The van der Waals surface area contributed by atoms with E-state index in [-0.39, 0.29) is 0 Å². The van der Waals surface area contributed by atoms with Gasteiger partial charge in [-0.05, 0) is 206 Å². The van der Waals surface area contributed by atoms with Gasteiger partial charge in [-0.2, -0.15) is 10.5 Å². The first-order valence-corrected chi connectivity index (χ1v) is 31.4. The van der Waals surface area contributed by atoms with Crippen LogP contribution in [0, 0.1) is 22.7 Å². The van der Waals surface area contributed by atoms with E-state index in [2.05, 4.69) is 368 Å². The van der Waals surface area contributed by atoms with Crippen molar-refractivity contribution in [2.45, 2.75) is 0 Å². The lowest BCUT2D eigenvalue weighted by Crippen LogP contribution is -2.09. The van der Waals surface area contributed by atoms with Gasteiger partial charge in [-0.15, -0.1) is 0 Å². The third-order valence-electron chi connectivity index (χ3n) is 17.6. The van der Waals surface area contributed by atoms with Gasteiger partial charge in [0.2, 0.25) is 0 Å². The lowest BCUT2D eigenvalue weighted by molar-refractivity contribution is 1.16. The fourth-order valence-electron chi connectivity index (χ4n) is 13.5. The van der Waals surface area contributed by atoms with E-state index in [4.69, 9.17) is 0 Å². The molecule has 16 aromatic rings. The van der Waals surface area contributed by atoms with E-state index in [0.717, 1.165) is 134 Å². The van der Waals surface area contributed by atoms with Gasteiger partial charge in [0, 0.05) is 101 Å². The topological polar surface area (TPSA) is 70.4 Å². The molecule has 442 valence electrons. The van der Waals surface area contributed by atoms with E-state index in [1.54, 1.807) is 0 Å². The maximum atomic E-state index is 11.0. The molecule has 0 radical (unpaired) electrons. The molecule has 0 amide bonds. The van der Waals surface area contributed by atoms with Gasteiger partial charge in [-0.1, -0.05) is 146 Å². The molecular weight excluding hydrogens is 1150 g/mol. The molecule has 94 heavy (non-hydrogen) atoms. The summed E-state index contributed by atoms with van der Waals surface area (Å²) in [6, 6.07) is 128. The number of fused-ring (bicyclic) bond motifs is 6. The van der Waals surface area contributed by atoms with Crippen LogP contribution in [-0.4, -0.2) is 9.13 Å². The molecule has 0 N–H and O–H groups in total. The van der Waals surface area contributed by atoms with Gasteiger partial charge in [0.05, 0.1) is 56.7 Å². The first kappa shape index (κ1) is 56.1. The maximum Gasteiger partial charge on any atom is 0.0991 e. The molecule has 16 rings (SSSR count). The number of aromatic nitrogens is 2. The number of nitrogens with zero attached hydrogens (tertiary/aromatic N) is 8. The molecule has 0 atom stereocenters. The Labute approximate surface area is 545 Å². The molecule has 0 saturated carbocycles. The molecule has 2 heterocycles. The minimum atomic E-state index is 0.487. The molecule has 0 aliphatic carbocycles. The minimum Gasteiger partial charge on any atom is -0.310 e. The van der Waals surface area contributed by atoms with Crippen molar-refractivity contribution in [1.29, 1.82) is 10.5 Å². The highest BCUT2D eigenvalue weighted by Gasteiger charge is 2.26. The summed E-state index contributed by atoms with van der Waals surface area (Å²) < 4.78 is 4.69. The highest BCUT2D eigenvalue weighted by molar-refractivity contribution is 6.15. The standard InChI is InChI=1S/C86H58N8/c87-59-61-41-47-81(93-83-49-43-71(89(63-25-9-1-10-26-63)64-27-11-2-12-28-64)55-77(83)78-56-72(44-50-84(78)93)90(65-29-13-3-14-30-65)66-31-15-4-16-32-66)75(53-61)76-54-62(60-88)42-48-82(76)94-85-51-45-73(91(67-33-17-5-18-34-67)68-35-19-6-20-36-68)57-79(85)80-58-74(46-52-86(80)94)92(69-37-21-7-22-38-69)70-39-23-8-24-40-70/h1-58H. The Morgan fingerprint density at radius 2 is 0.404 bits per heavy atom. The van der Waals surface area contributed by atoms with Crippen LogP contribution in [0.3, 0.4) is 0 Å². The zero-order chi connectivity index (χ0) is 62.9. The zero-order valence-corrected chi connectivity index (χ0v) is 51.1. The third-order valence-corrected chi connectivity index (χ3v) is 17.6. The van der Waals surface area contributed by atoms with E-state index in [1.165, 1.54) is 0 Å². The van der Waals surface area contributed by atoms with Crippen molar-refractivity contribution in [2.24, 2.45) is 0 Å². The van der Waals surface area contributed by atoms with Crippen LogP contribution >= 0.6 is 0 Å². The van der Waals surface area contributed by atoms with Crippen LogP contribution in [-0.2, 0) is 0 Å². The fraction of sp³-hybridized carbons (Fsp3) is 0. The predicted octanol–water partition coefficient (Wildman–Crippen LogP) is 23.2. The lowest BCUT2D eigenvalue weighted by Gasteiger charge is -2.26. The van der Waals surface area contributed by atoms with Crippen molar-refractivity contribution < 1.29 is 0 Å². The smallest absolute Gasteiger partial charge is 0.0991 e. The van der Waals surface area contributed by atoms with Crippen molar-refractivity contribution in [1.82, 2.24) is 9.13 Å². The van der Waals surface area contributed by atoms with Crippen molar-refractivity contribution in [2.75, 3.05) is 19.6 Å².